The van der Waals surface area contributed by atoms with E-state index in [0.717, 1.165) is 24.9 Å². The van der Waals surface area contributed by atoms with E-state index >= 15 is 0 Å². The van der Waals surface area contributed by atoms with Gasteiger partial charge in [0, 0.05) is 12.2 Å². The maximum atomic E-state index is 11.6. The molecule has 0 heterocycles. The maximum absolute atomic E-state index is 11.6. The first-order valence-corrected chi connectivity index (χ1v) is 8.64. The van der Waals surface area contributed by atoms with Crippen LogP contribution in [0, 0.1) is 0 Å². The fraction of sp³-hybridized carbons (Fsp3) is 0.632. The summed E-state index contributed by atoms with van der Waals surface area (Å²) in [5, 5.41) is 2.81. The van der Waals surface area contributed by atoms with Gasteiger partial charge in [0.25, 0.3) is 0 Å². The SMILES string of the molecule is CCCC(CCCCNC(=O)OC(C)(C)C)c1ccc(N)cc1. The molecule has 0 bridgehead atoms. The van der Waals surface area contributed by atoms with Gasteiger partial charge < -0.3 is 15.8 Å². The number of carbonyl (C=O) groups is 1. The van der Waals surface area contributed by atoms with E-state index in [4.69, 9.17) is 10.5 Å². The number of hydrogen-bond donors (Lipinski definition) is 2. The summed E-state index contributed by atoms with van der Waals surface area (Å²) in [5.74, 6) is 0.571. The molecule has 23 heavy (non-hydrogen) atoms. The maximum Gasteiger partial charge on any atom is 0.407 e. The third-order valence-corrected chi connectivity index (χ3v) is 3.69. The summed E-state index contributed by atoms with van der Waals surface area (Å²) in [7, 11) is 0. The fourth-order valence-corrected chi connectivity index (χ4v) is 2.61. The van der Waals surface area contributed by atoms with Crippen molar-refractivity contribution in [2.24, 2.45) is 0 Å². The summed E-state index contributed by atoms with van der Waals surface area (Å²) in [4.78, 5) is 11.6. The predicted octanol–water partition coefficient (Wildman–Crippen LogP) is 4.85. The topological polar surface area (TPSA) is 64.3 Å². The molecule has 0 aliphatic carbocycles. The third-order valence-electron chi connectivity index (χ3n) is 3.69. The molecule has 130 valence electrons. The predicted molar refractivity (Wildman–Crippen MR) is 96.6 cm³/mol. The van der Waals surface area contributed by atoms with Crippen molar-refractivity contribution in [1.82, 2.24) is 5.32 Å². The summed E-state index contributed by atoms with van der Waals surface area (Å²) < 4.78 is 5.22. The Labute approximate surface area is 140 Å². The van der Waals surface area contributed by atoms with Crippen molar-refractivity contribution in [2.75, 3.05) is 12.3 Å². The van der Waals surface area contributed by atoms with Crippen molar-refractivity contribution in [3.05, 3.63) is 29.8 Å². The molecule has 1 amide bonds. The number of carbonyl (C=O) groups excluding carboxylic acids is 1. The Kier molecular flexibility index (Phi) is 7.93. The number of rotatable bonds is 8. The standard InChI is InChI=1S/C19H32N2O2/c1-5-8-15(16-10-12-17(20)13-11-16)9-6-7-14-21-18(22)23-19(2,3)4/h10-13,15H,5-9,14,20H2,1-4H3,(H,21,22). The van der Waals surface area contributed by atoms with Crippen LogP contribution in [0.4, 0.5) is 10.5 Å². The second-order valence-corrected chi connectivity index (χ2v) is 7.08. The summed E-state index contributed by atoms with van der Waals surface area (Å²) in [5.41, 5.74) is 7.49. The van der Waals surface area contributed by atoms with Gasteiger partial charge in [0.2, 0.25) is 0 Å². The van der Waals surface area contributed by atoms with Gasteiger partial charge in [-0.3, -0.25) is 0 Å². The molecule has 1 atom stereocenters. The Bertz CT molecular complexity index is 463. The molecule has 0 aliphatic rings. The number of nitrogens with two attached hydrogens (primary N) is 1. The van der Waals surface area contributed by atoms with Crippen LogP contribution in [0.3, 0.4) is 0 Å². The van der Waals surface area contributed by atoms with Crippen molar-refractivity contribution in [2.45, 2.75) is 71.3 Å². The van der Waals surface area contributed by atoms with Gasteiger partial charge in [-0.25, -0.2) is 4.79 Å². The second kappa shape index (κ2) is 9.43. The van der Waals surface area contributed by atoms with Crippen molar-refractivity contribution in [1.29, 1.82) is 0 Å². The quantitative estimate of drug-likeness (QED) is 0.531. The molecule has 0 spiro atoms. The molecule has 0 aromatic heterocycles. The number of hydrogen-bond acceptors (Lipinski definition) is 3. The molecule has 4 nitrogen and oxygen atoms in total. The highest BCUT2D eigenvalue weighted by Gasteiger charge is 2.15. The second-order valence-electron chi connectivity index (χ2n) is 7.08. The van der Waals surface area contributed by atoms with Crippen molar-refractivity contribution >= 4 is 11.8 Å². The molecular formula is C19H32N2O2. The van der Waals surface area contributed by atoms with Crippen LogP contribution in [-0.4, -0.2) is 18.2 Å². The summed E-state index contributed by atoms with van der Waals surface area (Å²) in [6.45, 7) is 8.49. The van der Waals surface area contributed by atoms with Gasteiger partial charge in [-0.2, -0.15) is 0 Å². The van der Waals surface area contributed by atoms with Crippen LogP contribution in [0.15, 0.2) is 24.3 Å². The van der Waals surface area contributed by atoms with Gasteiger partial charge in [-0.1, -0.05) is 31.9 Å². The Balaban J connectivity index is 2.31. The van der Waals surface area contributed by atoms with E-state index < -0.39 is 5.60 Å². The van der Waals surface area contributed by atoms with Gasteiger partial charge >= 0.3 is 6.09 Å². The van der Waals surface area contributed by atoms with E-state index in [1.165, 1.54) is 18.4 Å². The normalized spacial score (nSPS) is 12.7. The van der Waals surface area contributed by atoms with Crippen LogP contribution in [0.1, 0.15) is 71.3 Å². The van der Waals surface area contributed by atoms with E-state index in [1.54, 1.807) is 0 Å². The molecule has 4 heteroatoms. The largest absolute Gasteiger partial charge is 0.444 e. The highest BCUT2D eigenvalue weighted by molar-refractivity contribution is 5.67. The van der Waals surface area contributed by atoms with Crippen LogP contribution in [0.2, 0.25) is 0 Å². The van der Waals surface area contributed by atoms with Crippen molar-refractivity contribution in [3.63, 3.8) is 0 Å². The highest BCUT2D eigenvalue weighted by atomic mass is 16.6. The number of unbranched alkanes of at least 4 members (excludes halogenated alkanes) is 1. The van der Waals surface area contributed by atoms with Crippen LogP contribution in [0.25, 0.3) is 0 Å². The molecule has 1 unspecified atom stereocenters. The van der Waals surface area contributed by atoms with E-state index in [9.17, 15) is 4.79 Å². The highest BCUT2D eigenvalue weighted by Crippen LogP contribution is 2.27. The zero-order chi connectivity index (χ0) is 17.3. The van der Waals surface area contributed by atoms with Gasteiger partial charge in [-0.05, 0) is 63.6 Å². The van der Waals surface area contributed by atoms with Crippen molar-refractivity contribution in [3.8, 4) is 0 Å². The lowest BCUT2D eigenvalue weighted by atomic mass is 9.89. The number of anilines is 1. The fourth-order valence-electron chi connectivity index (χ4n) is 2.61. The Morgan fingerprint density at radius 2 is 1.83 bits per heavy atom. The summed E-state index contributed by atoms with van der Waals surface area (Å²) in [6.07, 6.45) is 5.21. The van der Waals surface area contributed by atoms with E-state index in [2.05, 4.69) is 24.4 Å². The first kappa shape index (κ1) is 19.3. The van der Waals surface area contributed by atoms with Crippen LogP contribution < -0.4 is 11.1 Å². The monoisotopic (exact) mass is 320 g/mol. The first-order chi connectivity index (χ1) is 10.8. The molecule has 3 N–H and O–H groups in total. The summed E-state index contributed by atoms with van der Waals surface area (Å²) >= 11 is 0. The lowest BCUT2D eigenvalue weighted by Gasteiger charge is -2.20. The third kappa shape index (κ3) is 8.48. The zero-order valence-electron chi connectivity index (χ0n) is 15.0. The van der Waals surface area contributed by atoms with Crippen LogP contribution >= 0.6 is 0 Å². The van der Waals surface area contributed by atoms with Gasteiger partial charge in [0.1, 0.15) is 5.60 Å². The molecular weight excluding hydrogens is 288 g/mol. The summed E-state index contributed by atoms with van der Waals surface area (Å²) in [6, 6.07) is 8.22. The minimum absolute atomic E-state index is 0.332. The van der Waals surface area contributed by atoms with Crippen LogP contribution in [-0.2, 0) is 4.74 Å². The number of ether oxygens (including phenoxy) is 1. The Morgan fingerprint density at radius 1 is 1.17 bits per heavy atom. The van der Waals surface area contributed by atoms with Gasteiger partial charge in [-0.15, -0.1) is 0 Å². The van der Waals surface area contributed by atoms with E-state index in [0.29, 0.717) is 12.5 Å². The molecule has 1 aromatic carbocycles. The number of nitrogens with one attached hydrogen (secondary N) is 1. The number of amides is 1. The molecule has 0 fully saturated rings. The Morgan fingerprint density at radius 3 is 2.39 bits per heavy atom. The number of benzene rings is 1. The number of alkyl carbamates (subject to hydrolysis) is 1. The molecule has 1 aromatic rings. The molecule has 0 aliphatic heterocycles. The van der Waals surface area contributed by atoms with Crippen LogP contribution in [0.5, 0.6) is 0 Å². The zero-order valence-corrected chi connectivity index (χ0v) is 15.0. The Hall–Kier alpha value is -1.71. The lowest BCUT2D eigenvalue weighted by Crippen LogP contribution is -2.33. The van der Waals surface area contributed by atoms with E-state index in [-0.39, 0.29) is 6.09 Å². The minimum atomic E-state index is -0.439. The molecule has 0 radical (unpaired) electrons. The smallest absolute Gasteiger partial charge is 0.407 e. The average Bonchev–Trinajstić information content (AvgIpc) is 2.45. The molecule has 0 saturated carbocycles. The number of nitrogen functional groups attached to an aromatic ring is 1. The van der Waals surface area contributed by atoms with E-state index in [1.807, 2.05) is 32.9 Å². The van der Waals surface area contributed by atoms with Gasteiger partial charge in [0.15, 0.2) is 0 Å². The first-order valence-electron chi connectivity index (χ1n) is 8.64. The lowest BCUT2D eigenvalue weighted by molar-refractivity contribution is 0.0527. The average molecular weight is 320 g/mol. The molecule has 0 saturated heterocycles. The minimum Gasteiger partial charge on any atom is -0.444 e. The van der Waals surface area contributed by atoms with Gasteiger partial charge in [0.05, 0.1) is 0 Å². The van der Waals surface area contributed by atoms with Crippen molar-refractivity contribution < 1.29 is 9.53 Å². The molecule has 1 rings (SSSR count).